The summed E-state index contributed by atoms with van der Waals surface area (Å²) in [7, 11) is -7.74. The molecule has 1 saturated carbocycles. The van der Waals surface area contributed by atoms with Crippen LogP contribution in [0.2, 0.25) is 0 Å². The Bertz CT molecular complexity index is 1510. The number of nitrogens with zero attached hydrogens (tertiary/aromatic N) is 4. The van der Waals surface area contributed by atoms with Crippen LogP contribution in [0.3, 0.4) is 0 Å². The molecule has 1 saturated heterocycles. The van der Waals surface area contributed by atoms with E-state index < -0.39 is 19.9 Å². The highest BCUT2D eigenvalue weighted by Gasteiger charge is 2.29. The number of pyridine rings is 1. The summed E-state index contributed by atoms with van der Waals surface area (Å²) in [6.07, 6.45) is 7.33. The monoisotopic (exact) mass is 560 g/mol. The van der Waals surface area contributed by atoms with Crippen LogP contribution in [-0.2, 0) is 36.6 Å². The fraction of sp³-hybridized carbons (Fsp3) is 0.556. The number of fused-ring (bicyclic) bond motifs is 1. The van der Waals surface area contributed by atoms with Gasteiger partial charge in [-0.25, -0.2) is 26.8 Å². The molecule has 9 nitrogen and oxygen atoms in total. The Kier molecular flexibility index (Phi) is 7.40. The number of imidazole rings is 1. The first-order valence-electron chi connectivity index (χ1n) is 13.3. The number of ether oxygens (including phenoxy) is 1. The highest BCUT2D eigenvalue weighted by atomic mass is 32.2. The minimum Gasteiger partial charge on any atom is -0.379 e. The van der Waals surface area contributed by atoms with Crippen LogP contribution >= 0.6 is 0 Å². The lowest BCUT2D eigenvalue weighted by Gasteiger charge is -2.26. The van der Waals surface area contributed by atoms with Crippen LogP contribution in [0.15, 0.2) is 51.3 Å². The number of rotatable bonds is 6. The van der Waals surface area contributed by atoms with E-state index in [-0.39, 0.29) is 33.3 Å². The van der Waals surface area contributed by atoms with E-state index in [2.05, 4.69) is 30.3 Å². The molecular weight excluding hydrogens is 524 g/mol. The van der Waals surface area contributed by atoms with E-state index in [9.17, 15) is 16.8 Å². The van der Waals surface area contributed by atoms with E-state index in [1.54, 1.807) is 12.1 Å². The highest BCUT2D eigenvalue weighted by molar-refractivity contribution is 7.91. The van der Waals surface area contributed by atoms with Gasteiger partial charge in [-0.15, -0.1) is 0 Å². The molecular formula is C27H36N4O5S2. The van der Waals surface area contributed by atoms with Crippen LogP contribution in [0, 0.1) is 5.92 Å². The van der Waals surface area contributed by atoms with E-state index in [1.165, 1.54) is 48.5 Å². The topological polar surface area (TPSA) is 111 Å². The van der Waals surface area contributed by atoms with Crippen LogP contribution in [-0.4, -0.2) is 62.0 Å². The van der Waals surface area contributed by atoms with E-state index in [0.29, 0.717) is 24.6 Å². The van der Waals surface area contributed by atoms with Crippen LogP contribution in [0.1, 0.15) is 58.7 Å². The molecule has 0 radical (unpaired) electrons. The van der Waals surface area contributed by atoms with Gasteiger partial charge in [-0.2, -0.15) is 4.31 Å². The van der Waals surface area contributed by atoms with Gasteiger partial charge in [0.25, 0.3) is 0 Å². The minimum absolute atomic E-state index is 0.0370. The van der Waals surface area contributed by atoms with Gasteiger partial charge < -0.3 is 9.30 Å². The zero-order chi connectivity index (χ0) is 27.1. The number of sulfone groups is 1. The molecule has 206 valence electrons. The largest absolute Gasteiger partial charge is 0.379 e. The van der Waals surface area contributed by atoms with Gasteiger partial charge >= 0.3 is 0 Å². The first kappa shape index (κ1) is 27.2. The van der Waals surface area contributed by atoms with Crippen LogP contribution < -0.4 is 0 Å². The summed E-state index contributed by atoms with van der Waals surface area (Å²) in [4.78, 5) is 9.01. The molecule has 11 heteroatoms. The van der Waals surface area contributed by atoms with Gasteiger partial charge in [0.15, 0.2) is 5.03 Å². The molecule has 0 bridgehead atoms. The van der Waals surface area contributed by atoms with Crippen LogP contribution in [0.4, 0.5) is 0 Å². The highest BCUT2D eigenvalue weighted by Crippen LogP contribution is 2.33. The molecule has 0 atom stereocenters. The molecule has 1 aliphatic heterocycles. The molecule has 5 rings (SSSR count). The smallest absolute Gasteiger partial charge is 0.244 e. The molecule has 1 aliphatic carbocycles. The maximum atomic E-state index is 13.5. The first-order valence-corrected chi connectivity index (χ1v) is 16.2. The molecule has 1 aromatic carbocycles. The Morgan fingerprint density at radius 1 is 0.947 bits per heavy atom. The average Bonchev–Trinajstić information content (AvgIpc) is 3.28. The van der Waals surface area contributed by atoms with Crippen molar-refractivity contribution < 1.29 is 21.6 Å². The third-order valence-electron chi connectivity index (χ3n) is 7.46. The minimum atomic E-state index is -3.97. The lowest BCUT2D eigenvalue weighted by Crippen LogP contribution is -2.40. The summed E-state index contributed by atoms with van der Waals surface area (Å²) in [5, 5.41) is -0.199. The Labute approximate surface area is 225 Å². The molecule has 0 N–H and O–H groups in total. The fourth-order valence-electron chi connectivity index (χ4n) is 5.40. The van der Waals surface area contributed by atoms with E-state index >= 15 is 0 Å². The van der Waals surface area contributed by atoms with Gasteiger partial charge in [0.05, 0.1) is 29.1 Å². The quantitative estimate of drug-likeness (QED) is 0.445. The zero-order valence-corrected chi connectivity index (χ0v) is 23.9. The Hall–Kier alpha value is -2.34. The molecule has 0 amide bonds. The Morgan fingerprint density at radius 3 is 2.26 bits per heavy atom. The predicted octanol–water partition coefficient (Wildman–Crippen LogP) is 4.16. The lowest BCUT2D eigenvalue weighted by atomic mass is 9.88. The number of morpholine rings is 1. The molecule has 2 aromatic heterocycles. The summed E-state index contributed by atoms with van der Waals surface area (Å²) >= 11 is 0. The Morgan fingerprint density at radius 2 is 1.63 bits per heavy atom. The molecule has 0 unspecified atom stereocenters. The number of aromatic nitrogens is 3. The number of hydrogen-bond acceptors (Lipinski definition) is 7. The number of sulfonamides is 1. The first-order chi connectivity index (χ1) is 18.0. The summed E-state index contributed by atoms with van der Waals surface area (Å²) in [5.74, 6) is 1.55. The van der Waals surface area contributed by atoms with Crippen LogP contribution in [0.5, 0.6) is 0 Å². The van der Waals surface area contributed by atoms with Gasteiger partial charge in [0.2, 0.25) is 19.9 Å². The van der Waals surface area contributed by atoms with Gasteiger partial charge in [0, 0.05) is 31.2 Å². The van der Waals surface area contributed by atoms with E-state index in [0.717, 1.165) is 24.1 Å². The van der Waals surface area contributed by atoms with Crippen molar-refractivity contribution >= 4 is 30.9 Å². The third kappa shape index (κ3) is 5.25. The average molecular weight is 561 g/mol. The molecule has 3 heterocycles. The van der Waals surface area contributed by atoms with Gasteiger partial charge in [-0.05, 0) is 49.1 Å². The molecule has 3 aromatic rings. The zero-order valence-electron chi connectivity index (χ0n) is 22.3. The second-order valence-corrected chi connectivity index (χ2v) is 15.1. The molecule has 0 spiro atoms. The number of benzene rings is 1. The van der Waals surface area contributed by atoms with Crippen molar-refractivity contribution in [3.05, 3.63) is 42.4 Å². The summed E-state index contributed by atoms with van der Waals surface area (Å²) in [5.41, 5.74) is 1.37. The lowest BCUT2D eigenvalue weighted by molar-refractivity contribution is 0.0730. The van der Waals surface area contributed by atoms with Crippen molar-refractivity contribution in [3.63, 3.8) is 0 Å². The van der Waals surface area contributed by atoms with Crippen molar-refractivity contribution in [2.75, 3.05) is 26.3 Å². The van der Waals surface area contributed by atoms with E-state index in [4.69, 9.17) is 9.72 Å². The molecule has 2 fully saturated rings. The third-order valence-corrected chi connectivity index (χ3v) is 11.0. The van der Waals surface area contributed by atoms with E-state index in [1.807, 2.05) is 6.07 Å². The van der Waals surface area contributed by atoms with Crippen molar-refractivity contribution in [1.29, 1.82) is 0 Å². The fourth-order valence-corrected chi connectivity index (χ4v) is 7.95. The predicted molar refractivity (Wildman–Crippen MR) is 144 cm³/mol. The molecule has 38 heavy (non-hydrogen) atoms. The normalized spacial score (nSPS) is 18.7. The maximum absolute atomic E-state index is 13.5. The van der Waals surface area contributed by atoms with Crippen molar-refractivity contribution in [3.8, 4) is 0 Å². The SMILES string of the molecule is CC(C)(C)c1nc2cc(S(=O)(=O)c3ccc(S(=O)(=O)N4CCOCC4)cn3)ccc2n1CC1CCCCC1. The standard InChI is InChI=1S/C27H36N4O5S2/c1-27(2,3)26-29-23-17-21(9-11-24(23)31(26)19-20-7-5-4-6-8-20)37(32,33)25-12-10-22(18-28-25)38(34,35)30-13-15-36-16-14-30/h9-12,17-18,20H,4-8,13-16,19H2,1-3H3. The van der Waals surface area contributed by atoms with Gasteiger partial charge in [-0.1, -0.05) is 40.0 Å². The van der Waals surface area contributed by atoms with Crippen molar-refractivity contribution in [1.82, 2.24) is 18.8 Å². The van der Waals surface area contributed by atoms with Gasteiger partial charge in [0.1, 0.15) is 10.7 Å². The summed E-state index contributed by atoms with van der Waals surface area (Å²) in [6.45, 7) is 8.43. The summed E-state index contributed by atoms with van der Waals surface area (Å²) in [6, 6.07) is 7.61. The van der Waals surface area contributed by atoms with Crippen molar-refractivity contribution in [2.45, 2.75) is 79.7 Å². The maximum Gasteiger partial charge on any atom is 0.244 e. The summed E-state index contributed by atoms with van der Waals surface area (Å²) < 4.78 is 61.6. The second kappa shape index (κ2) is 10.3. The second-order valence-electron chi connectivity index (χ2n) is 11.3. The van der Waals surface area contributed by atoms with Crippen molar-refractivity contribution in [2.24, 2.45) is 5.92 Å². The Balaban J connectivity index is 1.47. The number of hydrogen-bond donors (Lipinski definition) is 0. The molecule has 2 aliphatic rings. The van der Waals surface area contributed by atoms with Crippen LogP contribution in [0.25, 0.3) is 11.0 Å². The van der Waals surface area contributed by atoms with Gasteiger partial charge in [-0.3, -0.25) is 0 Å².